The molecule has 0 radical (unpaired) electrons. The smallest absolute Gasteiger partial charge is 0.422 e. The number of aromatic carboxylic acids is 1. The lowest BCUT2D eigenvalue weighted by Gasteiger charge is -2.14. The summed E-state index contributed by atoms with van der Waals surface area (Å²) >= 11 is 0. The maximum Gasteiger partial charge on any atom is 0.422 e. The first-order valence-electron chi connectivity index (χ1n) is 13.9. The van der Waals surface area contributed by atoms with Crippen LogP contribution in [-0.2, 0) is 24.3 Å². The zero-order valence-corrected chi connectivity index (χ0v) is 24.4. The molecule has 2 heterocycles. The number of ether oxygens (including phenoxy) is 3. The molecule has 0 atom stereocenters. The van der Waals surface area contributed by atoms with Gasteiger partial charge in [-0.15, -0.1) is 0 Å². The fraction of sp³-hybridized carbons (Fsp3) is 0.242. The van der Waals surface area contributed by atoms with E-state index in [0.717, 1.165) is 5.56 Å². The molecule has 234 valence electrons. The number of hydrogen-bond donors (Lipinski definition) is 1. The molecule has 0 saturated heterocycles. The first kappa shape index (κ1) is 31.5. The van der Waals surface area contributed by atoms with Gasteiger partial charge in [-0.25, -0.2) is 19.2 Å². The Balaban J connectivity index is 1.34. The average molecular weight is 624 g/mol. The number of aryl methyl sites for hydroxylation is 1. The second-order valence-corrected chi connectivity index (χ2v) is 10.3. The van der Waals surface area contributed by atoms with Crippen LogP contribution in [0.1, 0.15) is 32.9 Å². The van der Waals surface area contributed by atoms with Crippen molar-refractivity contribution in [1.29, 1.82) is 0 Å². The van der Waals surface area contributed by atoms with Gasteiger partial charge in [-0.3, -0.25) is 0 Å². The first-order valence-corrected chi connectivity index (χ1v) is 13.9. The summed E-state index contributed by atoms with van der Waals surface area (Å²) in [6.45, 7) is 0.994. The highest BCUT2D eigenvalue weighted by Gasteiger charge is 2.29. The minimum absolute atomic E-state index is 0.0687. The highest BCUT2D eigenvalue weighted by atomic mass is 19.4. The standard InChI is InChI=1S/C33H29F4N3O5/c1-20-6-7-24(29(14-20)45-19-33(35,36)37)18-44-31-5-3-4-26(39-31)22-9-8-21(25(34)15-22)17-30-38-27-11-10-23(32(41)42)16-28(27)40(30)12-13-43-2/h3-11,14-16H,12-13,17-19H2,1-2H3,(H,41,42). The number of nitrogens with zero attached hydrogens (tertiary/aromatic N) is 3. The molecule has 12 heteroatoms. The number of hydrogen-bond acceptors (Lipinski definition) is 6. The molecule has 0 fully saturated rings. The molecule has 8 nitrogen and oxygen atoms in total. The largest absolute Gasteiger partial charge is 0.484 e. The molecular weight excluding hydrogens is 594 g/mol. The van der Waals surface area contributed by atoms with E-state index in [1.54, 1.807) is 68.6 Å². The monoisotopic (exact) mass is 623 g/mol. The van der Waals surface area contributed by atoms with Crippen molar-refractivity contribution >= 4 is 17.0 Å². The molecule has 2 aromatic heterocycles. The molecule has 0 unspecified atom stereocenters. The Morgan fingerprint density at radius 2 is 1.76 bits per heavy atom. The van der Waals surface area contributed by atoms with E-state index in [1.807, 2.05) is 4.57 Å². The van der Waals surface area contributed by atoms with Crippen molar-refractivity contribution in [3.05, 3.63) is 107 Å². The normalized spacial score (nSPS) is 11.6. The van der Waals surface area contributed by atoms with Gasteiger partial charge in [0.25, 0.3) is 0 Å². The third kappa shape index (κ3) is 7.76. The summed E-state index contributed by atoms with van der Waals surface area (Å²) in [7, 11) is 1.56. The SMILES string of the molecule is COCCn1c(Cc2ccc(-c3cccc(OCc4ccc(C)cc4OCC(F)(F)F)n3)cc2F)nc2ccc(C(=O)O)cc21. The van der Waals surface area contributed by atoms with Gasteiger partial charge in [-0.05, 0) is 54.4 Å². The molecule has 3 aromatic carbocycles. The van der Waals surface area contributed by atoms with Crippen molar-refractivity contribution in [3.8, 4) is 22.9 Å². The Morgan fingerprint density at radius 3 is 2.49 bits per heavy atom. The van der Waals surface area contributed by atoms with E-state index in [0.29, 0.717) is 52.4 Å². The number of carboxylic acid groups (broad SMARTS) is 1. The third-order valence-corrected chi connectivity index (χ3v) is 7.00. The topological polar surface area (TPSA) is 95.7 Å². The Morgan fingerprint density at radius 1 is 0.956 bits per heavy atom. The summed E-state index contributed by atoms with van der Waals surface area (Å²) in [5.74, 6) is -0.716. The quantitative estimate of drug-likeness (QED) is 0.150. The number of methoxy groups -OCH3 is 1. The van der Waals surface area contributed by atoms with Gasteiger partial charge in [-0.1, -0.05) is 30.3 Å². The van der Waals surface area contributed by atoms with Crippen LogP contribution in [0.2, 0.25) is 0 Å². The summed E-state index contributed by atoms with van der Waals surface area (Å²) in [6.07, 6.45) is -4.33. The molecule has 0 saturated carbocycles. The molecule has 1 N–H and O–H groups in total. The van der Waals surface area contributed by atoms with Gasteiger partial charge in [0.05, 0.1) is 28.9 Å². The fourth-order valence-corrected chi connectivity index (χ4v) is 4.78. The molecule has 0 spiro atoms. The Hall–Kier alpha value is -4.97. The van der Waals surface area contributed by atoms with Crippen molar-refractivity contribution < 1.29 is 41.7 Å². The van der Waals surface area contributed by atoms with E-state index in [-0.39, 0.29) is 30.2 Å². The van der Waals surface area contributed by atoms with Crippen LogP contribution in [0.4, 0.5) is 17.6 Å². The van der Waals surface area contributed by atoms with Gasteiger partial charge in [0.1, 0.15) is 24.0 Å². The number of fused-ring (bicyclic) bond motifs is 1. The van der Waals surface area contributed by atoms with Gasteiger partial charge < -0.3 is 23.9 Å². The molecule has 0 amide bonds. The molecule has 0 aliphatic heterocycles. The number of rotatable bonds is 12. The maximum atomic E-state index is 15.4. The van der Waals surface area contributed by atoms with E-state index in [2.05, 4.69) is 9.97 Å². The van der Waals surface area contributed by atoms with Gasteiger partial charge in [0.15, 0.2) is 6.61 Å². The van der Waals surface area contributed by atoms with Gasteiger partial charge in [0.2, 0.25) is 5.88 Å². The van der Waals surface area contributed by atoms with Gasteiger partial charge in [-0.2, -0.15) is 13.2 Å². The van der Waals surface area contributed by atoms with E-state index >= 15 is 4.39 Å². The number of carbonyl (C=O) groups is 1. The number of imidazole rings is 1. The minimum atomic E-state index is -4.48. The van der Waals surface area contributed by atoms with E-state index in [9.17, 15) is 23.1 Å². The number of benzene rings is 3. The van der Waals surface area contributed by atoms with Crippen LogP contribution in [0.3, 0.4) is 0 Å². The predicted molar refractivity (Wildman–Crippen MR) is 158 cm³/mol. The van der Waals surface area contributed by atoms with Gasteiger partial charge in [0, 0.05) is 37.3 Å². The number of carboxylic acids is 1. The Bertz CT molecular complexity index is 1840. The maximum absolute atomic E-state index is 15.4. The van der Waals surface area contributed by atoms with Crippen LogP contribution in [0.15, 0.2) is 72.8 Å². The Kier molecular flexibility index (Phi) is 9.33. The number of pyridine rings is 1. The second-order valence-electron chi connectivity index (χ2n) is 10.3. The molecule has 45 heavy (non-hydrogen) atoms. The van der Waals surface area contributed by atoms with Crippen molar-refractivity contribution in [2.75, 3.05) is 20.3 Å². The third-order valence-electron chi connectivity index (χ3n) is 7.00. The zero-order valence-electron chi connectivity index (χ0n) is 24.4. The number of halogens is 4. The van der Waals surface area contributed by atoms with E-state index in [1.165, 1.54) is 18.2 Å². The van der Waals surface area contributed by atoms with Crippen LogP contribution in [0, 0.1) is 12.7 Å². The van der Waals surface area contributed by atoms with Crippen LogP contribution < -0.4 is 9.47 Å². The lowest BCUT2D eigenvalue weighted by Crippen LogP contribution is -2.20. The summed E-state index contributed by atoms with van der Waals surface area (Å²) < 4.78 is 71.4. The summed E-state index contributed by atoms with van der Waals surface area (Å²) in [6, 6.07) is 19.2. The molecule has 5 aromatic rings. The lowest BCUT2D eigenvalue weighted by atomic mass is 10.1. The summed E-state index contributed by atoms with van der Waals surface area (Å²) in [5.41, 5.74) is 3.79. The molecule has 0 bridgehead atoms. The minimum Gasteiger partial charge on any atom is -0.484 e. The number of alkyl halides is 3. The molecular formula is C33H29F4N3O5. The predicted octanol–water partition coefficient (Wildman–Crippen LogP) is 7.00. The molecule has 5 rings (SSSR count). The zero-order chi connectivity index (χ0) is 32.1. The summed E-state index contributed by atoms with van der Waals surface area (Å²) in [4.78, 5) is 20.6. The fourth-order valence-electron chi connectivity index (χ4n) is 4.78. The van der Waals surface area contributed by atoms with E-state index in [4.69, 9.17) is 14.2 Å². The number of aromatic nitrogens is 3. The van der Waals surface area contributed by atoms with Crippen molar-refractivity contribution in [3.63, 3.8) is 0 Å². The van der Waals surface area contributed by atoms with Crippen molar-refractivity contribution in [1.82, 2.24) is 14.5 Å². The molecule has 0 aliphatic carbocycles. The van der Waals surface area contributed by atoms with Crippen LogP contribution in [0.25, 0.3) is 22.3 Å². The van der Waals surface area contributed by atoms with Crippen LogP contribution in [-0.4, -0.2) is 52.1 Å². The average Bonchev–Trinajstić information content (AvgIpc) is 3.35. The van der Waals surface area contributed by atoms with Crippen LogP contribution >= 0.6 is 0 Å². The van der Waals surface area contributed by atoms with Crippen molar-refractivity contribution in [2.45, 2.75) is 32.7 Å². The van der Waals surface area contributed by atoms with Crippen LogP contribution in [0.5, 0.6) is 11.6 Å². The second kappa shape index (κ2) is 13.3. The Labute approximate surface area is 255 Å². The first-order chi connectivity index (χ1) is 21.5. The van der Waals surface area contributed by atoms with Gasteiger partial charge >= 0.3 is 12.1 Å². The highest BCUT2D eigenvalue weighted by molar-refractivity contribution is 5.92. The summed E-state index contributed by atoms with van der Waals surface area (Å²) in [5, 5.41) is 9.42. The lowest BCUT2D eigenvalue weighted by molar-refractivity contribution is -0.153. The van der Waals surface area contributed by atoms with Crippen molar-refractivity contribution in [2.24, 2.45) is 0 Å². The molecule has 0 aliphatic rings. The highest BCUT2D eigenvalue weighted by Crippen LogP contribution is 2.28. The van der Waals surface area contributed by atoms with E-state index < -0.39 is 24.6 Å².